The molecule has 1 fully saturated rings. The summed E-state index contributed by atoms with van der Waals surface area (Å²) in [4.78, 5) is 27.6. The summed E-state index contributed by atoms with van der Waals surface area (Å²) in [6, 6.07) is 15.1. The molecule has 2 aliphatic rings. The summed E-state index contributed by atoms with van der Waals surface area (Å²) in [5, 5.41) is 2.96. The molecule has 0 spiro atoms. The predicted molar refractivity (Wildman–Crippen MR) is 113 cm³/mol. The summed E-state index contributed by atoms with van der Waals surface area (Å²) in [5.74, 6) is 0.679. The van der Waals surface area contributed by atoms with Gasteiger partial charge in [-0.05, 0) is 49.6 Å². The van der Waals surface area contributed by atoms with Crippen LogP contribution in [0.3, 0.4) is 0 Å². The molecule has 2 aromatic rings. The van der Waals surface area contributed by atoms with Crippen molar-refractivity contribution in [3.8, 4) is 5.75 Å². The number of carbonyl (C=O) groups excluding carboxylic acids is 2. The van der Waals surface area contributed by atoms with Crippen LogP contribution in [0.25, 0.3) is 0 Å². The molecule has 1 aliphatic carbocycles. The maximum absolute atomic E-state index is 13.1. The largest absolute Gasteiger partial charge is 0.480 e. The Kier molecular flexibility index (Phi) is 5.84. The number of nitrogens with zero attached hydrogens (tertiary/aromatic N) is 1. The first-order valence-electron chi connectivity index (χ1n) is 10.6. The number of amides is 2. The van der Waals surface area contributed by atoms with Crippen LogP contribution in [-0.4, -0.2) is 28.9 Å². The Morgan fingerprint density at radius 2 is 1.86 bits per heavy atom. The van der Waals surface area contributed by atoms with E-state index in [0.29, 0.717) is 24.2 Å². The number of hydrogen-bond donors (Lipinski definition) is 1. The van der Waals surface area contributed by atoms with E-state index in [2.05, 4.69) is 5.32 Å². The van der Waals surface area contributed by atoms with E-state index in [0.717, 1.165) is 24.2 Å². The van der Waals surface area contributed by atoms with Crippen molar-refractivity contribution >= 4 is 17.5 Å². The monoisotopic (exact) mass is 392 g/mol. The van der Waals surface area contributed by atoms with Crippen LogP contribution >= 0.6 is 0 Å². The Hall–Kier alpha value is -2.82. The quantitative estimate of drug-likeness (QED) is 0.815. The van der Waals surface area contributed by atoms with E-state index in [1.54, 1.807) is 12.1 Å². The van der Waals surface area contributed by atoms with Crippen LogP contribution in [0, 0.1) is 0 Å². The molecule has 1 saturated carbocycles. The van der Waals surface area contributed by atoms with Gasteiger partial charge in [0, 0.05) is 29.4 Å². The van der Waals surface area contributed by atoms with E-state index in [9.17, 15) is 9.59 Å². The molecular formula is C24H28N2O3. The molecule has 5 nitrogen and oxygen atoms in total. The van der Waals surface area contributed by atoms with Crippen LogP contribution in [0.15, 0.2) is 48.5 Å². The van der Waals surface area contributed by atoms with Crippen molar-refractivity contribution in [3.63, 3.8) is 0 Å². The molecule has 1 atom stereocenters. The first-order chi connectivity index (χ1) is 14.2. The van der Waals surface area contributed by atoms with Crippen LogP contribution < -0.4 is 10.1 Å². The molecule has 1 aliphatic heterocycles. The highest BCUT2D eigenvalue weighted by atomic mass is 16.5. The molecule has 152 valence electrons. The number of rotatable bonds is 4. The highest BCUT2D eigenvalue weighted by Crippen LogP contribution is 2.33. The van der Waals surface area contributed by atoms with Crippen LogP contribution in [0.2, 0.25) is 0 Å². The molecule has 2 aromatic carbocycles. The molecule has 1 heterocycles. The minimum atomic E-state index is -0.442. The fourth-order valence-corrected chi connectivity index (χ4v) is 4.30. The van der Waals surface area contributed by atoms with Gasteiger partial charge < -0.3 is 15.0 Å². The second-order valence-electron chi connectivity index (χ2n) is 7.92. The van der Waals surface area contributed by atoms with Crippen LogP contribution in [0.1, 0.15) is 61.4 Å². The van der Waals surface area contributed by atoms with Gasteiger partial charge in [0.25, 0.3) is 11.8 Å². The number of carbonyl (C=O) groups is 2. The maximum atomic E-state index is 13.1. The van der Waals surface area contributed by atoms with Crippen LogP contribution in [0.4, 0.5) is 5.69 Å². The normalized spacial score (nSPS) is 19.8. The summed E-state index contributed by atoms with van der Waals surface area (Å²) in [6.07, 6.45) is 5.91. The van der Waals surface area contributed by atoms with Gasteiger partial charge >= 0.3 is 0 Å². The molecule has 5 heteroatoms. The Labute approximate surface area is 172 Å². The Balaban J connectivity index is 1.59. The molecule has 2 amide bonds. The fourth-order valence-electron chi connectivity index (χ4n) is 4.30. The zero-order valence-electron chi connectivity index (χ0n) is 16.9. The number of fused-ring (bicyclic) bond motifs is 1. The van der Waals surface area contributed by atoms with Crippen molar-refractivity contribution in [2.45, 2.75) is 64.1 Å². The third-order valence-corrected chi connectivity index (χ3v) is 5.91. The van der Waals surface area contributed by atoms with Gasteiger partial charge in [0.05, 0.1) is 0 Å². The minimum Gasteiger partial charge on any atom is -0.480 e. The number of anilines is 1. The molecule has 0 unspecified atom stereocenters. The molecule has 0 saturated heterocycles. The molecule has 0 radical (unpaired) electrons. The fraction of sp³-hybridized carbons (Fsp3) is 0.417. The third-order valence-electron chi connectivity index (χ3n) is 5.91. The van der Waals surface area contributed by atoms with Gasteiger partial charge in [0.1, 0.15) is 5.75 Å². The smallest absolute Gasteiger partial charge is 0.264 e. The van der Waals surface area contributed by atoms with Gasteiger partial charge in [-0.1, -0.05) is 44.4 Å². The van der Waals surface area contributed by atoms with E-state index in [1.165, 1.54) is 19.3 Å². The highest BCUT2D eigenvalue weighted by molar-refractivity contribution is 6.04. The van der Waals surface area contributed by atoms with Gasteiger partial charge in [-0.2, -0.15) is 0 Å². The van der Waals surface area contributed by atoms with Crippen molar-refractivity contribution < 1.29 is 14.3 Å². The van der Waals surface area contributed by atoms with Crippen molar-refractivity contribution in [3.05, 3.63) is 59.7 Å². The first kappa shape index (κ1) is 19.5. The van der Waals surface area contributed by atoms with Gasteiger partial charge in [-0.3, -0.25) is 9.59 Å². The predicted octanol–water partition coefficient (Wildman–Crippen LogP) is 4.77. The zero-order chi connectivity index (χ0) is 20.2. The summed E-state index contributed by atoms with van der Waals surface area (Å²) < 4.78 is 6.08. The van der Waals surface area contributed by atoms with Gasteiger partial charge in [-0.15, -0.1) is 0 Å². The number of hydrogen-bond acceptors (Lipinski definition) is 3. The molecule has 29 heavy (non-hydrogen) atoms. The maximum Gasteiger partial charge on any atom is 0.264 e. The van der Waals surface area contributed by atoms with E-state index < -0.39 is 6.10 Å². The summed E-state index contributed by atoms with van der Waals surface area (Å²) in [5.41, 5.74) is 2.28. The number of benzene rings is 2. The lowest BCUT2D eigenvalue weighted by molar-refractivity contribution is -0.141. The molecule has 0 bridgehead atoms. The topological polar surface area (TPSA) is 58.6 Å². The van der Waals surface area contributed by atoms with Crippen molar-refractivity contribution in [1.29, 1.82) is 0 Å². The Bertz CT molecular complexity index is 875. The highest BCUT2D eigenvalue weighted by Gasteiger charge is 2.34. The second-order valence-corrected chi connectivity index (χ2v) is 7.92. The molecular weight excluding hydrogens is 364 g/mol. The molecule has 0 aromatic heterocycles. The van der Waals surface area contributed by atoms with Crippen LogP contribution in [-0.2, 0) is 11.3 Å². The third kappa shape index (κ3) is 4.29. The van der Waals surface area contributed by atoms with E-state index in [1.807, 2.05) is 48.2 Å². The second kappa shape index (κ2) is 8.68. The number of nitrogens with one attached hydrogen (secondary N) is 1. The van der Waals surface area contributed by atoms with E-state index in [4.69, 9.17) is 4.74 Å². The van der Waals surface area contributed by atoms with Gasteiger partial charge in [0.2, 0.25) is 0 Å². The van der Waals surface area contributed by atoms with Crippen LogP contribution in [0.5, 0.6) is 5.75 Å². The summed E-state index contributed by atoms with van der Waals surface area (Å²) in [7, 11) is 0. The zero-order valence-corrected chi connectivity index (χ0v) is 16.9. The summed E-state index contributed by atoms with van der Waals surface area (Å²) in [6.45, 7) is 2.52. The van der Waals surface area contributed by atoms with Crippen molar-refractivity contribution in [2.75, 3.05) is 5.32 Å². The average Bonchev–Trinajstić information content (AvgIpc) is 2.91. The summed E-state index contributed by atoms with van der Waals surface area (Å²) >= 11 is 0. The number of ether oxygens (including phenoxy) is 1. The van der Waals surface area contributed by atoms with E-state index >= 15 is 0 Å². The lowest BCUT2D eigenvalue weighted by Crippen LogP contribution is -2.45. The van der Waals surface area contributed by atoms with Gasteiger partial charge in [0.15, 0.2) is 6.10 Å². The van der Waals surface area contributed by atoms with Gasteiger partial charge in [-0.25, -0.2) is 0 Å². The van der Waals surface area contributed by atoms with Crippen molar-refractivity contribution in [1.82, 2.24) is 4.90 Å². The van der Waals surface area contributed by atoms with E-state index in [-0.39, 0.29) is 17.9 Å². The molecule has 4 rings (SSSR count). The SMILES string of the molecule is CC[C@@H]1Oc2ccc(NC(=O)c3ccccc3)cc2CN(C2CCCCC2)C1=O. The lowest BCUT2D eigenvalue weighted by Gasteiger charge is -2.34. The Morgan fingerprint density at radius 1 is 1.10 bits per heavy atom. The minimum absolute atomic E-state index is 0.0884. The standard InChI is InChI=1S/C24H28N2O3/c1-2-21-24(28)26(20-11-7-4-8-12-20)16-18-15-19(13-14-22(18)29-21)25-23(27)17-9-5-3-6-10-17/h3,5-6,9-10,13-15,20-21H,2,4,7-8,11-12,16H2,1H3,(H,25,27)/t21-/m0/s1. The Morgan fingerprint density at radius 3 is 2.59 bits per heavy atom. The van der Waals surface area contributed by atoms with Crippen molar-refractivity contribution in [2.24, 2.45) is 0 Å². The molecule has 1 N–H and O–H groups in total. The lowest BCUT2D eigenvalue weighted by atomic mass is 9.93. The first-order valence-corrected chi connectivity index (χ1v) is 10.6. The average molecular weight is 392 g/mol.